The summed E-state index contributed by atoms with van der Waals surface area (Å²) >= 11 is 1.41. The molecule has 1 N–H and O–H groups in total. The van der Waals surface area contributed by atoms with Crippen LogP contribution in [0.25, 0.3) is 11.3 Å². The van der Waals surface area contributed by atoms with E-state index in [1.54, 1.807) is 6.92 Å². The Morgan fingerprint density at radius 1 is 1.16 bits per heavy atom. The van der Waals surface area contributed by atoms with Crippen LogP contribution in [0.2, 0.25) is 0 Å². The molecule has 5 heteroatoms. The van der Waals surface area contributed by atoms with Crippen molar-refractivity contribution in [3.8, 4) is 17.0 Å². The molecule has 1 aromatic heterocycles. The van der Waals surface area contributed by atoms with Crippen LogP contribution in [0.15, 0.2) is 60.0 Å². The Hall–Kier alpha value is -2.66. The maximum atomic E-state index is 12.3. The third-order valence-electron chi connectivity index (χ3n) is 3.82. The van der Waals surface area contributed by atoms with Gasteiger partial charge in [0.15, 0.2) is 11.2 Å². The molecule has 0 aliphatic heterocycles. The van der Waals surface area contributed by atoms with Gasteiger partial charge in [-0.25, -0.2) is 4.98 Å². The number of nitrogens with zero attached hydrogens (tertiary/aromatic N) is 1. The summed E-state index contributed by atoms with van der Waals surface area (Å²) in [6.07, 6.45) is 0.413. The van der Waals surface area contributed by atoms with Crippen LogP contribution in [-0.2, 0) is 11.2 Å². The van der Waals surface area contributed by atoms with E-state index in [4.69, 9.17) is 4.74 Å². The Bertz CT molecular complexity index is 828. The number of rotatable bonds is 6. The summed E-state index contributed by atoms with van der Waals surface area (Å²) in [7, 11) is 0. The molecule has 4 nitrogen and oxygen atoms in total. The lowest BCUT2D eigenvalue weighted by Gasteiger charge is -2.13. The van der Waals surface area contributed by atoms with Gasteiger partial charge in [-0.05, 0) is 31.0 Å². The van der Waals surface area contributed by atoms with E-state index in [-0.39, 0.29) is 5.91 Å². The van der Waals surface area contributed by atoms with Crippen LogP contribution < -0.4 is 10.1 Å². The minimum absolute atomic E-state index is 0.217. The summed E-state index contributed by atoms with van der Waals surface area (Å²) in [5, 5.41) is 5.33. The Balaban J connectivity index is 1.63. The standard InChI is InChI=1S/C20H20N2O2S/c1-3-15-9-11-16(12-10-15)18-13-25-20(21-18)22-19(23)14(2)24-17-7-5-4-6-8-17/h4-14H,3H2,1-2H3,(H,21,22,23)/t14-/m1/s1. The molecule has 128 valence electrons. The molecule has 1 heterocycles. The number of anilines is 1. The van der Waals surface area contributed by atoms with Crippen molar-refractivity contribution in [1.82, 2.24) is 4.98 Å². The molecule has 0 aliphatic rings. The van der Waals surface area contributed by atoms with Crippen LogP contribution in [-0.4, -0.2) is 17.0 Å². The van der Waals surface area contributed by atoms with Crippen LogP contribution in [0.3, 0.4) is 0 Å². The second kappa shape index (κ2) is 7.94. The second-order valence-electron chi connectivity index (χ2n) is 5.65. The maximum absolute atomic E-state index is 12.3. The average molecular weight is 352 g/mol. The Kier molecular flexibility index (Phi) is 5.46. The van der Waals surface area contributed by atoms with Crippen molar-refractivity contribution in [1.29, 1.82) is 0 Å². The van der Waals surface area contributed by atoms with Crippen LogP contribution in [0.5, 0.6) is 5.75 Å². The second-order valence-corrected chi connectivity index (χ2v) is 6.51. The van der Waals surface area contributed by atoms with Gasteiger partial charge in [0.2, 0.25) is 0 Å². The molecular weight excluding hydrogens is 332 g/mol. The molecule has 3 rings (SSSR count). The minimum Gasteiger partial charge on any atom is -0.481 e. The highest BCUT2D eigenvalue weighted by Crippen LogP contribution is 2.25. The lowest BCUT2D eigenvalue weighted by molar-refractivity contribution is -0.122. The van der Waals surface area contributed by atoms with Gasteiger partial charge in [0.25, 0.3) is 5.91 Å². The molecule has 2 aromatic carbocycles. The van der Waals surface area contributed by atoms with Gasteiger partial charge in [-0.1, -0.05) is 49.4 Å². The van der Waals surface area contributed by atoms with E-state index < -0.39 is 6.10 Å². The third-order valence-corrected chi connectivity index (χ3v) is 4.58. The number of carbonyl (C=O) groups is 1. The summed E-state index contributed by atoms with van der Waals surface area (Å²) in [5.41, 5.74) is 3.20. The summed E-state index contributed by atoms with van der Waals surface area (Å²) in [6.45, 7) is 3.85. The quantitative estimate of drug-likeness (QED) is 0.695. The Morgan fingerprint density at radius 2 is 1.88 bits per heavy atom. The topological polar surface area (TPSA) is 51.2 Å². The molecule has 1 atom stereocenters. The molecule has 3 aromatic rings. The van der Waals surface area contributed by atoms with Crippen LogP contribution in [0, 0.1) is 0 Å². The number of aromatic nitrogens is 1. The zero-order chi connectivity index (χ0) is 17.6. The number of carbonyl (C=O) groups excluding carboxylic acids is 1. The number of hydrogen-bond acceptors (Lipinski definition) is 4. The molecule has 0 unspecified atom stereocenters. The SMILES string of the molecule is CCc1ccc(-c2csc(NC(=O)[C@@H](C)Oc3ccccc3)n2)cc1. The molecule has 0 aliphatic carbocycles. The van der Waals surface area contributed by atoms with Gasteiger partial charge in [-0.15, -0.1) is 11.3 Å². The maximum Gasteiger partial charge on any atom is 0.266 e. The molecule has 0 bridgehead atoms. The largest absolute Gasteiger partial charge is 0.481 e. The molecule has 0 radical (unpaired) electrons. The first-order valence-electron chi connectivity index (χ1n) is 8.23. The summed E-state index contributed by atoms with van der Waals surface area (Å²) < 4.78 is 5.63. The number of nitrogens with one attached hydrogen (secondary N) is 1. The predicted molar refractivity (Wildman–Crippen MR) is 102 cm³/mol. The minimum atomic E-state index is -0.599. The summed E-state index contributed by atoms with van der Waals surface area (Å²) in [4.78, 5) is 16.8. The first-order chi connectivity index (χ1) is 12.2. The van der Waals surface area contributed by atoms with Crippen molar-refractivity contribution in [3.05, 3.63) is 65.5 Å². The highest BCUT2D eigenvalue weighted by molar-refractivity contribution is 7.14. The Morgan fingerprint density at radius 3 is 2.56 bits per heavy atom. The van der Waals surface area contributed by atoms with Crippen LogP contribution in [0.1, 0.15) is 19.4 Å². The zero-order valence-corrected chi connectivity index (χ0v) is 15.0. The van der Waals surface area contributed by atoms with Crippen LogP contribution >= 0.6 is 11.3 Å². The van der Waals surface area contributed by atoms with Gasteiger partial charge >= 0.3 is 0 Å². The van der Waals surface area contributed by atoms with Crippen molar-refractivity contribution in [3.63, 3.8) is 0 Å². The number of hydrogen-bond donors (Lipinski definition) is 1. The number of thiazole rings is 1. The zero-order valence-electron chi connectivity index (χ0n) is 14.2. The smallest absolute Gasteiger partial charge is 0.266 e. The molecule has 0 saturated heterocycles. The molecular formula is C20H20N2O2S. The Labute approximate surface area is 151 Å². The first-order valence-corrected chi connectivity index (χ1v) is 9.11. The summed E-state index contributed by atoms with van der Waals surface area (Å²) in [6, 6.07) is 17.6. The van der Waals surface area contributed by atoms with E-state index in [9.17, 15) is 4.79 Å². The number of aryl methyl sites for hydroxylation is 1. The fourth-order valence-corrected chi connectivity index (χ4v) is 3.06. The lowest BCUT2D eigenvalue weighted by atomic mass is 10.1. The van der Waals surface area contributed by atoms with E-state index in [1.165, 1.54) is 16.9 Å². The average Bonchev–Trinajstić information content (AvgIpc) is 3.11. The number of amides is 1. The van der Waals surface area contributed by atoms with Gasteiger partial charge in [-0.3, -0.25) is 10.1 Å². The van der Waals surface area contributed by atoms with Gasteiger partial charge < -0.3 is 4.74 Å². The van der Waals surface area contributed by atoms with Crippen LogP contribution in [0.4, 0.5) is 5.13 Å². The molecule has 1 amide bonds. The van der Waals surface area contributed by atoms with Gasteiger partial charge in [0.05, 0.1) is 5.69 Å². The summed E-state index contributed by atoms with van der Waals surface area (Å²) in [5.74, 6) is 0.451. The van der Waals surface area contributed by atoms with Crippen molar-refractivity contribution in [2.24, 2.45) is 0 Å². The van der Waals surface area contributed by atoms with Gasteiger partial charge in [-0.2, -0.15) is 0 Å². The van der Waals surface area contributed by atoms with E-state index in [2.05, 4.69) is 41.5 Å². The normalized spacial score (nSPS) is 11.8. The number of ether oxygens (including phenoxy) is 1. The van der Waals surface area contributed by atoms with Crippen molar-refractivity contribution in [2.45, 2.75) is 26.4 Å². The lowest BCUT2D eigenvalue weighted by Crippen LogP contribution is -2.30. The highest BCUT2D eigenvalue weighted by Gasteiger charge is 2.16. The van der Waals surface area contributed by atoms with E-state index >= 15 is 0 Å². The molecule has 25 heavy (non-hydrogen) atoms. The number of benzene rings is 2. The van der Waals surface area contributed by atoms with E-state index in [0.29, 0.717) is 10.9 Å². The fraction of sp³-hybridized carbons (Fsp3) is 0.200. The van der Waals surface area contributed by atoms with Crippen molar-refractivity contribution in [2.75, 3.05) is 5.32 Å². The number of para-hydroxylation sites is 1. The molecule has 0 fully saturated rings. The van der Waals surface area contributed by atoms with Crippen molar-refractivity contribution < 1.29 is 9.53 Å². The van der Waals surface area contributed by atoms with E-state index in [0.717, 1.165) is 17.7 Å². The van der Waals surface area contributed by atoms with Gasteiger partial charge in [0.1, 0.15) is 5.75 Å². The third kappa shape index (κ3) is 4.45. The monoisotopic (exact) mass is 352 g/mol. The van der Waals surface area contributed by atoms with Gasteiger partial charge in [0, 0.05) is 10.9 Å². The fourth-order valence-electron chi connectivity index (χ4n) is 2.34. The molecule has 0 spiro atoms. The highest BCUT2D eigenvalue weighted by atomic mass is 32.1. The predicted octanol–water partition coefficient (Wildman–Crippen LogP) is 4.78. The molecule has 0 saturated carbocycles. The first kappa shape index (κ1) is 17.2. The van der Waals surface area contributed by atoms with Crippen molar-refractivity contribution >= 4 is 22.4 Å². The van der Waals surface area contributed by atoms with E-state index in [1.807, 2.05) is 35.7 Å².